The quantitative estimate of drug-likeness (QED) is 0.335. The Morgan fingerprint density at radius 2 is 1.56 bits per heavy atom. The summed E-state index contributed by atoms with van der Waals surface area (Å²) in [5, 5.41) is 8.75. The fourth-order valence-corrected chi connectivity index (χ4v) is 4.59. The van der Waals surface area contributed by atoms with E-state index in [9.17, 15) is 4.79 Å². The molecule has 2 heterocycles. The standard InChI is InChI=1S/C30H24N4O2/c1-2-36-29(35)28-32-34(25-15-7-4-8-16-25)30-31-26(20-27(33(28)30)22-12-5-3-6-13-22)24-18-17-21-11-9-10-14-23(21)19-24/h3-20,27H,2H2,1H3. The van der Waals surface area contributed by atoms with Crippen LogP contribution in [-0.2, 0) is 9.53 Å². The molecule has 36 heavy (non-hydrogen) atoms. The van der Waals surface area contributed by atoms with E-state index in [0.29, 0.717) is 5.96 Å². The molecule has 176 valence electrons. The lowest BCUT2D eigenvalue weighted by atomic mass is 9.99. The molecule has 0 fully saturated rings. The predicted octanol–water partition coefficient (Wildman–Crippen LogP) is 5.99. The zero-order chi connectivity index (χ0) is 24.5. The molecular weight excluding hydrogens is 448 g/mol. The molecule has 0 saturated heterocycles. The molecule has 1 unspecified atom stereocenters. The Morgan fingerprint density at radius 3 is 2.31 bits per heavy atom. The minimum absolute atomic E-state index is 0.210. The number of aliphatic imine (C=N–C) groups is 1. The fraction of sp³-hybridized carbons (Fsp3) is 0.100. The van der Waals surface area contributed by atoms with Crippen molar-refractivity contribution in [3.05, 3.63) is 120 Å². The molecule has 0 saturated carbocycles. The fourth-order valence-electron chi connectivity index (χ4n) is 4.59. The summed E-state index contributed by atoms with van der Waals surface area (Å²) < 4.78 is 5.39. The zero-order valence-corrected chi connectivity index (χ0v) is 19.8. The first-order chi connectivity index (χ1) is 17.7. The molecule has 4 aromatic carbocycles. The monoisotopic (exact) mass is 472 g/mol. The van der Waals surface area contributed by atoms with Crippen LogP contribution in [-0.4, -0.2) is 29.3 Å². The Hall–Kier alpha value is -4.71. The number of para-hydroxylation sites is 1. The summed E-state index contributed by atoms with van der Waals surface area (Å²) >= 11 is 0. The normalized spacial score (nSPS) is 16.8. The van der Waals surface area contributed by atoms with E-state index in [1.54, 1.807) is 11.9 Å². The van der Waals surface area contributed by atoms with Crippen molar-refractivity contribution in [2.45, 2.75) is 13.0 Å². The number of nitrogens with zero attached hydrogens (tertiary/aromatic N) is 4. The second-order valence-electron chi connectivity index (χ2n) is 8.54. The number of amidine groups is 1. The summed E-state index contributed by atoms with van der Waals surface area (Å²) in [6, 6.07) is 34.1. The van der Waals surface area contributed by atoms with Gasteiger partial charge in [0.2, 0.25) is 11.8 Å². The second kappa shape index (κ2) is 9.15. The topological polar surface area (TPSA) is 57.5 Å². The Kier molecular flexibility index (Phi) is 5.54. The molecule has 0 aromatic heterocycles. The molecule has 0 bridgehead atoms. The van der Waals surface area contributed by atoms with Gasteiger partial charge in [-0.2, -0.15) is 5.01 Å². The average molecular weight is 473 g/mol. The highest BCUT2D eigenvalue weighted by molar-refractivity contribution is 6.41. The number of hydrazone groups is 1. The maximum atomic E-state index is 13.1. The number of hydrogen-bond donors (Lipinski definition) is 0. The van der Waals surface area contributed by atoms with E-state index >= 15 is 0 Å². The molecule has 0 amide bonds. The van der Waals surface area contributed by atoms with Crippen molar-refractivity contribution in [3.63, 3.8) is 0 Å². The minimum atomic E-state index is -0.480. The number of carbonyl (C=O) groups excluding carboxylic acids is 1. The summed E-state index contributed by atoms with van der Waals surface area (Å²) in [4.78, 5) is 20.0. The van der Waals surface area contributed by atoms with Crippen LogP contribution < -0.4 is 5.01 Å². The lowest BCUT2D eigenvalue weighted by Gasteiger charge is -2.32. The van der Waals surface area contributed by atoms with Crippen molar-refractivity contribution < 1.29 is 9.53 Å². The van der Waals surface area contributed by atoms with E-state index in [1.165, 1.54) is 5.39 Å². The first-order valence-corrected chi connectivity index (χ1v) is 12.0. The van der Waals surface area contributed by atoms with E-state index in [2.05, 4.69) is 48.5 Å². The van der Waals surface area contributed by atoms with Gasteiger partial charge in [-0.05, 0) is 47.5 Å². The van der Waals surface area contributed by atoms with Gasteiger partial charge in [0, 0.05) is 5.56 Å². The lowest BCUT2D eigenvalue weighted by molar-refractivity contribution is -0.135. The predicted molar refractivity (Wildman–Crippen MR) is 143 cm³/mol. The van der Waals surface area contributed by atoms with Gasteiger partial charge >= 0.3 is 5.97 Å². The van der Waals surface area contributed by atoms with Crippen molar-refractivity contribution in [2.24, 2.45) is 10.1 Å². The third-order valence-electron chi connectivity index (χ3n) is 6.29. The molecule has 2 aliphatic rings. The van der Waals surface area contributed by atoms with Gasteiger partial charge < -0.3 is 4.74 Å². The molecule has 6 rings (SSSR count). The number of esters is 1. The number of ether oxygens (including phenoxy) is 1. The summed E-state index contributed by atoms with van der Waals surface area (Å²) in [7, 11) is 0. The van der Waals surface area contributed by atoms with Gasteiger partial charge in [0.05, 0.1) is 24.0 Å². The smallest absolute Gasteiger partial charge is 0.376 e. The van der Waals surface area contributed by atoms with Gasteiger partial charge in [-0.25, -0.2) is 9.79 Å². The Labute approximate surface area is 209 Å². The van der Waals surface area contributed by atoms with Crippen molar-refractivity contribution in [1.82, 2.24) is 4.90 Å². The van der Waals surface area contributed by atoms with Gasteiger partial charge in [0.25, 0.3) is 0 Å². The molecule has 1 atom stereocenters. The molecule has 0 aliphatic carbocycles. The maximum Gasteiger partial charge on any atom is 0.376 e. The second-order valence-corrected chi connectivity index (χ2v) is 8.54. The number of guanidine groups is 1. The van der Waals surface area contributed by atoms with Crippen molar-refractivity contribution in [3.8, 4) is 0 Å². The zero-order valence-electron chi connectivity index (χ0n) is 19.8. The highest BCUT2D eigenvalue weighted by Gasteiger charge is 2.43. The van der Waals surface area contributed by atoms with Crippen LogP contribution >= 0.6 is 0 Å². The van der Waals surface area contributed by atoms with Gasteiger partial charge in [-0.3, -0.25) is 4.90 Å². The van der Waals surface area contributed by atoms with Gasteiger partial charge in [-0.15, -0.1) is 5.10 Å². The Balaban J connectivity index is 1.53. The maximum absolute atomic E-state index is 13.1. The van der Waals surface area contributed by atoms with Crippen LogP contribution in [0.5, 0.6) is 0 Å². The third kappa shape index (κ3) is 3.82. The number of rotatable bonds is 5. The largest absolute Gasteiger partial charge is 0.460 e. The molecule has 2 aliphatic heterocycles. The van der Waals surface area contributed by atoms with Crippen LogP contribution in [0.3, 0.4) is 0 Å². The third-order valence-corrected chi connectivity index (χ3v) is 6.29. The van der Waals surface area contributed by atoms with Crippen molar-refractivity contribution >= 4 is 39.9 Å². The summed E-state index contributed by atoms with van der Waals surface area (Å²) in [6.45, 7) is 2.05. The lowest BCUT2D eigenvalue weighted by Crippen LogP contribution is -2.44. The summed E-state index contributed by atoms with van der Waals surface area (Å²) in [5.41, 5.74) is 3.66. The number of hydrogen-bond acceptors (Lipinski definition) is 6. The number of carbonyl (C=O) groups is 1. The molecule has 6 heteroatoms. The molecule has 0 spiro atoms. The van der Waals surface area contributed by atoms with Crippen LogP contribution in [0, 0.1) is 0 Å². The number of fused-ring (bicyclic) bond motifs is 2. The van der Waals surface area contributed by atoms with Gasteiger partial charge in [0.15, 0.2) is 0 Å². The highest BCUT2D eigenvalue weighted by Crippen LogP contribution is 2.38. The van der Waals surface area contributed by atoms with Gasteiger partial charge in [0.1, 0.15) is 0 Å². The van der Waals surface area contributed by atoms with E-state index in [-0.39, 0.29) is 18.5 Å². The van der Waals surface area contributed by atoms with Crippen LogP contribution in [0.4, 0.5) is 5.69 Å². The van der Waals surface area contributed by atoms with Crippen LogP contribution in [0.2, 0.25) is 0 Å². The first kappa shape index (κ1) is 21.8. The van der Waals surface area contributed by atoms with Crippen LogP contribution in [0.25, 0.3) is 16.5 Å². The number of benzene rings is 4. The van der Waals surface area contributed by atoms with Crippen molar-refractivity contribution in [1.29, 1.82) is 0 Å². The first-order valence-electron chi connectivity index (χ1n) is 12.0. The van der Waals surface area contributed by atoms with Crippen LogP contribution in [0.15, 0.2) is 119 Å². The number of anilines is 1. The molecule has 0 radical (unpaired) electrons. The Morgan fingerprint density at radius 1 is 0.861 bits per heavy atom. The summed E-state index contributed by atoms with van der Waals surface area (Å²) in [6.07, 6.45) is 2.09. The van der Waals surface area contributed by atoms with E-state index < -0.39 is 5.97 Å². The summed E-state index contributed by atoms with van der Waals surface area (Å²) in [5.74, 6) is 0.290. The van der Waals surface area contributed by atoms with Gasteiger partial charge in [-0.1, -0.05) is 84.9 Å². The molecular formula is C30H24N4O2. The average Bonchev–Trinajstić information content (AvgIpc) is 3.33. The van der Waals surface area contributed by atoms with E-state index in [1.807, 2.05) is 65.6 Å². The van der Waals surface area contributed by atoms with Crippen molar-refractivity contribution in [2.75, 3.05) is 11.6 Å². The van der Waals surface area contributed by atoms with Crippen LogP contribution in [0.1, 0.15) is 24.1 Å². The van der Waals surface area contributed by atoms with E-state index in [0.717, 1.165) is 27.9 Å². The molecule has 4 aromatic rings. The minimum Gasteiger partial charge on any atom is -0.460 e. The van der Waals surface area contributed by atoms with E-state index in [4.69, 9.17) is 14.8 Å². The highest BCUT2D eigenvalue weighted by atomic mass is 16.5. The SMILES string of the molecule is CCOC(=O)C1=NN(c2ccccc2)C2=NC(c3ccc4ccccc4c3)=CC(c3ccccc3)N12. The molecule has 6 nitrogen and oxygen atoms in total. The Bertz CT molecular complexity index is 1530. The molecule has 0 N–H and O–H groups in total.